The first kappa shape index (κ1) is 19.1. The summed E-state index contributed by atoms with van der Waals surface area (Å²) >= 11 is 0. The van der Waals surface area contributed by atoms with Crippen molar-refractivity contribution in [2.45, 2.75) is 19.4 Å². The number of aromatic hydroxyl groups is 1. The molecule has 0 bridgehead atoms. The Hall–Kier alpha value is -2.67. The lowest BCUT2D eigenvalue weighted by Crippen LogP contribution is -2.46. The molecule has 144 valence electrons. The van der Waals surface area contributed by atoms with Crippen LogP contribution in [0.4, 0.5) is 10.2 Å². The molecule has 1 aromatic heterocycles. The van der Waals surface area contributed by atoms with Crippen LogP contribution in [0.1, 0.15) is 13.3 Å². The summed E-state index contributed by atoms with van der Waals surface area (Å²) in [5.74, 6) is -0.787. The summed E-state index contributed by atoms with van der Waals surface area (Å²) in [7, 11) is 2.97. The first-order valence-electron chi connectivity index (χ1n) is 8.71. The van der Waals surface area contributed by atoms with Crippen LogP contribution in [0.2, 0.25) is 0 Å². The number of methoxy groups -OCH3 is 2. The van der Waals surface area contributed by atoms with Crippen LogP contribution < -0.4 is 4.90 Å². The number of carbonyl (C=O) groups excluding carboxylic acids is 1. The number of rotatable bonds is 5. The van der Waals surface area contributed by atoms with Gasteiger partial charge in [-0.2, -0.15) is 0 Å². The molecular weight excluding hydrogens is 351 g/mol. The van der Waals surface area contributed by atoms with Gasteiger partial charge in [0.15, 0.2) is 11.6 Å². The van der Waals surface area contributed by atoms with E-state index in [2.05, 4.69) is 4.98 Å². The van der Waals surface area contributed by atoms with E-state index in [4.69, 9.17) is 9.47 Å². The summed E-state index contributed by atoms with van der Waals surface area (Å²) in [6, 6.07) is 9.40. The van der Waals surface area contributed by atoms with Gasteiger partial charge in [-0.25, -0.2) is 9.37 Å². The van der Waals surface area contributed by atoms with Gasteiger partial charge in [-0.3, -0.25) is 4.79 Å². The van der Waals surface area contributed by atoms with Gasteiger partial charge in [0, 0.05) is 19.2 Å². The standard InChI is InChI=1S/C20H23FN2O4/c1-20(19(25)27-3)10-11-23(16(20)12-26-2)17-9-5-8-15(22-17)13-6-4-7-14(21)18(13)24/h4-9,16,24H,10-12H2,1-3H3/t16?,20-/m1/s1. The molecule has 1 fully saturated rings. The zero-order valence-corrected chi connectivity index (χ0v) is 15.6. The Morgan fingerprint density at radius 2 is 2.07 bits per heavy atom. The predicted molar refractivity (Wildman–Crippen MR) is 99.0 cm³/mol. The molecule has 1 N–H and O–H groups in total. The monoisotopic (exact) mass is 374 g/mol. The van der Waals surface area contributed by atoms with Gasteiger partial charge in [0.2, 0.25) is 0 Å². The van der Waals surface area contributed by atoms with Gasteiger partial charge in [0.1, 0.15) is 5.82 Å². The lowest BCUT2D eigenvalue weighted by Gasteiger charge is -2.33. The van der Waals surface area contributed by atoms with E-state index >= 15 is 0 Å². The predicted octanol–water partition coefficient (Wildman–Crippen LogP) is 3.00. The number of aromatic nitrogens is 1. The van der Waals surface area contributed by atoms with Crippen LogP contribution in [0.3, 0.4) is 0 Å². The van der Waals surface area contributed by atoms with Crippen LogP contribution >= 0.6 is 0 Å². The van der Waals surface area contributed by atoms with Gasteiger partial charge in [-0.15, -0.1) is 0 Å². The van der Waals surface area contributed by atoms with Crippen molar-refractivity contribution in [1.82, 2.24) is 4.98 Å². The summed E-state index contributed by atoms with van der Waals surface area (Å²) in [5.41, 5.74) is 0.0473. The van der Waals surface area contributed by atoms with E-state index in [1.807, 2.05) is 17.9 Å². The van der Waals surface area contributed by atoms with E-state index in [1.54, 1.807) is 25.3 Å². The Balaban J connectivity index is 1.99. The van der Waals surface area contributed by atoms with Crippen molar-refractivity contribution in [1.29, 1.82) is 0 Å². The van der Waals surface area contributed by atoms with E-state index in [-0.39, 0.29) is 12.0 Å². The molecule has 0 amide bonds. The molecule has 2 atom stereocenters. The van der Waals surface area contributed by atoms with Gasteiger partial charge in [-0.1, -0.05) is 12.1 Å². The lowest BCUT2D eigenvalue weighted by molar-refractivity contribution is -0.152. The van der Waals surface area contributed by atoms with E-state index in [0.29, 0.717) is 36.6 Å². The summed E-state index contributed by atoms with van der Waals surface area (Å²) in [4.78, 5) is 19.0. The zero-order chi connectivity index (χ0) is 19.6. The minimum Gasteiger partial charge on any atom is -0.504 e. The first-order valence-corrected chi connectivity index (χ1v) is 8.71. The van der Waals surface area contributed by atoms with Crippen molar-refractivity contribution in [2.75, 3.05) is 32.3 Å². The Labute approximate surface area is 157 Å². The number of para-hydroxylation sites is 1. The van der Waals surface area contributed by atoms with E-state index in [1.165, 1.54) is 19.2 Å². The van der Waals surface area contributed by atoms with Crippen molar-refractivity contribution < 1.29 is 23.8 Å². The van der Waals surface area contributed by atoms with E-state index in [0.717, 1.165) is 0 Å². The molecule has 1 aliphatic rings. The number of pyridine rings is 1. The van der Waals surface area contributed by atoms with Crippen molar-refractivity contribution in [3.05, 3.63) is 42.2 Å². The van der Waals surface area contributed by atoms with Crippen LogP contribution in [-0.4, -0.2) is 49.5 Å². The summed E-state index contributed by atoms with van der Waals surface area (Å²) in [5, 5.41) is 10.0. The highest BCUT2D eigenvalue weighted by Crippen LogP contribution is 2.41. The highest BCUT2D eigenvalue weighted by Gasteiger charge is 2.50. The molecule has 1 unspecified atom stereocenters. The van der Waals surface area contributed by atoms with Crippen LogP contribution in [-0.2, 0) is 14.3 Å². The van der Waals surface area contributed by atoms with Gasteiger partial charge in [0.05, 0.1) is 30.9 Å². The molecular formula is C20H23FN2O4. The van der Waals surface area contributed by atoms with Crippen LogP contribution in [0, 0.1) is 11.2 Å². The number of anilines is 1. The third-order valence-corrected chi connectivity index (χ3v) is 5.25. The topological polar surface area (TPSA) is 71.9 Å². The third-order valence-electron chi connectivity index (χ3n) is 5.25. The molecule has 1 aliphatic heterocycles. The molecule has 1 aromatic carbocycles. The summed E-state index contributed by atoms with van der Waals surface area (Å²) < 4.78 is 24.1. The molecule has 0 saturated carbocycles. The zero-order valence-electron chi connectivity index (χ0n) is 15.6. The Kier molecular flexibility index (Phi) is 5.32. The second kappa shape index (κ2) is 7.52. The van der Waals surface area contributed by atoms with Gasteiger partial charge < -0.3 is 19.5 Å². The molecule has 27 heavy (non-hydrogen) atoms. The molecule has 0 radical (unpaired) electrons. The molecule has 6 nitrogen and oxygen atoms in total. The van der Waals surface area contributed by atoms with Crippen molar-refractivity contribution in [2.24, 2.45) is 5.41 Å². The normalized spacial score (nSPS) is 22.1. The minimum absolute atomic E-state index is 0.251. The van der Waals surface area contributed by atoms with Gasteiger partial charge in [0.25, 0.3) is 0 Å². The highest BCUT2D eigenvalue weighted by atomic mass is 19.1. The van der Waals surface area contributed by atoms with Gasteiger partial charge in [-0.05, 0) is 37.6 Å². The largest absolute Gasteiger partial charge is 0.504 e. The van der Waals surface area contributed by atoms with Crippen LogP contribution in [0.25, 0.3) is 11.3 Å². The smallest absolute Gasteiger partial charge is 0.313 e. The SMILES string of the molecule is COCC1N(c2cccc(-c3cccc(F)c3O)n2)CC[C@@]1(C)C(=O)OC. The van der Waals surface area contributed by atoms with Crippen molar-refractivity contribution in [3.63, 3.8) is 0 Å². The average Bonchev–Trinajstić information content (AvgIpc) is 3.01. The molecule has 7 heteroatoms. The molecule has 2 heterocycles. The maximum Gasteiger partial charge on any atom is 0.313 e. The molecule has 0 spiro atoms. The molecule has 0 aliphatic carbocycles. The van der Waals surface area contributed by atoms with Crippen LogP contribution in [0.15, 0.2) is 36.4 Å². The number of hydrogen-bond donors (Lipinski definition) is 1. The number of hydrogen-bond acceptors (Lipinski definition) is 6. The Bertz CT molecular complexity index is 844. The molecule has 2 aromatic rings. The number of ether oxygens (including phenoxy) is 2. The molecule has 3 rings (SSSR count). The van der Waals surface area contributed by atoms with E-state index < -0.39 is 17.0 Å². The summed E-state index contributed by atoms with van der Waals surface area (Å²) in [6.07, 6.45) is 0.602. The second-order valence-corrected chi connectivity index (χ2v) is 6.84. The number of phenols is 1. The number of phenolic OH excluding ortho intramolecular Hbond substituents is 1. The highest BCUT2D eigenvalue weighted by molar-refractivity contribution is 5.79. The van der Waals surface area contributed by atoms with E-state index in [9.17, 15) is 14.3 Å². The maximum absolute atomic E-state index is 13.7. The minimum atomic E-state index is -0.719. The Morgan fingerprint density at radius 1 is 1.33 bits per heavy atom. The van der Waals surface area contributed by atoms with Gasteiger partial charge >= 0.3 is 5.97 Å². The van der Waals surface area contributed by atoms with Crippen LogP contribution in [0.5, 0.6) is 5.75 Å². The molecule has 1 saturated heterocycles. The lowest BCUT2D eigenvalue weighted by atomic mass is 9.82. The van der Waals surface area contributed by atoms with Crippen molar-refractivity contribution in [3.8, 4) is 17.0 Å². The summed E-state index contributed by atoms with van der Waals surface area (Å²) in [6.45, 7) is 2.80. The third kappa shape index (κ3) is 3.35. The number of carbonyl (C=O) groups is 1. The first-order chi connectivity index (χ1) is 12.9. The Morgan fingerprint density at radius 3 is 2.78 bits per heavy atom. The quantitative estimate of drug-likeness (QED) is 0.812. The fraction of sp³-hybridized carbons (Fsp3) is 0.400. The second-order valence-electron chi connectivity index (χ2n) is 6.84. The number of nitrogens with zero attached hydrogens (tertiary/aromatic N) is 2. The number of esters is 1. The fourth-order valence-corrected chi connectivity index (χ4v) is 3.65. The van der Waals surface area contributed by atoms with Crippen molar-refractivity contribution >= 4 is 11.8 Å². The number of halogens is 1. The maximum atomic E-state index is 13.7. The fourth-order valence-electron chi connectivity index (χ4n) is 3.65. The average molecular weight is 374 g/mol. The number of benzene rings is 1.